The lowest BCUT2D eigenvalue weighted by Crippen LogP contribution is -2.54. The number of hydrogen-bond donors (Lipinski definition) is 4. The molecule has 0 bridgehead atoms. The van der Waals surface area contributed by atoms with Crippen LogP contribution in [-0.2, 0) is 27.9 Å². The van der Waals surface area contributed by atoms with Crippen molar-refractivity contribution < 1.29 is 47.5 Å². The first kappa shape index (κ1) is 44.6. The van der Waals surface area contributed by atoms with Crippen LogP contribution in [0.25, 0.3) is 0 Å². The van der Waals surface area contributed by atoms with Crippen LogP contribution in [0.4, 0.5) is 0 Å². The molecule has 0 aromatic carbocycles. The fraction of sp³-hybridized carbons (Fsp3) is 0.950. The highest BCUT2D eigenvalue weighted by atomic mass is 31.2. The Bertz CT molecular complexity index is 1230. The largest absolute Gasteiger partial charge is 0.756 e. The number of phosphoric ester groups is 1. The molecule has 4 saturated carbocycles. The van der Waals surface area contributed by atoms with Gasteiger partial charge in [-0.25, -0.2) is 0 Å². The predicted octanol–water partition coefficient (Wildman–Crippen LogP) is 4.66. The van der Waals surface area contributed by atoms with E-state index in [4.69, 9.17) is 13.8 Å². The Hall–Kier alpha value is -1.11. The van der Waals surface area contributed by atoms with Crippen LogP contribution in [-0.4, -0.2) is 106 Å². The number of unbranched alkanes of at least 4 members (excludes halogenated alkanes) is 1. The Morgan fingerprint density at radius 3 is 2.38 bits per heavy atom. The Balaban J connectivity index is 1.31. The number of rotatable bonds is 21. The lowest BCUT2D eigenvalue weighted by Gasteiger charge is -2.61. The van der Waals surface area contributed by atoms with Crippen LogP contribution in [0.5, 0.6) is 0 Å². The van der Waals surface area contributed by atoms with E-state index in [1.165, 1.54) is 38.5 Å². The molecule has 13 heteroatoms. The van der Waals surface area contributed by atoms with Crippen LogP contribution in [0.3, 0.4) is 0 Å². The summed E-state index contributed by atoms with van der Waals surface area (Å²) in [5.41, 5.74) is 0.606. The summed E-state index contributed by atoms with van der Waals surface area (Å²) in [6.45, 7) is 8.00. The Morgan fingerprint density at radius 1 is 0.962 bits per heavy atom. The van der Waals surface area contributed by atoms with E-state index < -0.39 is 26.4 Å². The first-order chi connectivity index (χ1) is 24.9. The molecular formula is C40H74N3O9P. The van der Waals surface area contributed by atoms with Gasteiger partial charge in [0.2, 0.25) is 11.8 Å². The normalized spacial score (nSPS) is 34.2. The molecule has 4 N–H and O–H groups in total. The van der Waals surface area contributed by atoms with Crippen molar-refractivity contribution in [2.75, 3.05) is 67.8 Å². The van der Waals surface area contributed by atoms with Gasteiger partial charge in [0.15, 0.2) is 0 Å². The van der Waals surface area contributed by atoms with Crippen LogP contribution in [0.15, 0.2) is 0 Å². The number of amides is 2. The third kappa shape index (κ3) is 12.0. The topological polar surface area (TPSA) is 166 Å². The molecule has 2 amide bonds. The average Bonchev–Trinajstić information content (AvgIpc) is 3.45. The van der Waals surface area contributed by atoms with Crippen molar-refractivity contribution in [2.24, 2.45) is 52.3 Å². The van der Waals surface area contributed by atoms with E-state index in [1.807, 2.05) is 21.1 Å². The third-order valence-electron chi connectivity index (χ3n) is 14.3. The zero-order valence-corrected chi connectivity index (χ0v) is 34.9. The molecule has 53 heavy (non-hydrogen) atoms. The van der Waals surface area contributed by atoms with Gasteiger partial charge in [-0.3, -0.25) is 14.2 Å². The van der Waals surface area contributed by atoms with Crippen molar-refractivity contribution in [1.29, 1.82) is 0 Å². The molecule has 0 radical (unpaired) electrons. The minimum Gasteiger partial charge on any atom is -0.756 e. The number of aliphatic hydroxyl groups is 2. The lowest BCUT2D eigenvalue weighted by atomic mass is 9.44. The number of fused-ring (bicyclic) bond motifs is 5. The molecule has 0 aromatic rings. The summed E-state index contributed by atoms with van der Waals surface area (Å²) in [6.07, 6.45) is 13.5. The van der Waals surface area contributed by atoms with Gasteiger partial charge in [0.05, 0.1) is 40.5 Å². The third-order valence-corrected chi connectivity index (χ3v) is 15.3. The van der Waals surface area contributed by atoms with E-state index in [2.05, 4.69) is 31.4 Å². The molecule has 0 aromatic heterocycles. The number of likely N-dealkylation sites (N-methyl/N-ethyl adjacent to an activating group) is 1. The predicted molar refractivity (Wildman–Crippen MR) is 203 cm³/mol. The number of aliphatic hydroxyl groups excluding tert-OH is 2. The molecule has 0 saturated heterocycles. The first-order valence-corrected chi connectivity index (χ1v) is 22.1. The average molecular weight is 772 g/mol. The van der Waals surface area contributed by atoms with E-state index >= 15 is 0 Å². The molecule has 4 rings (SSSR count). The van der Waals surface area contributed by atoms with E-state index in [1.54, 1.807) is 7.11 Å². The standard InChI is InChI=1S/C40H74N3O9P/c1-28(33-14-15-34-32-13-12-30-24-31(45)17-19-39(30,2)35(32)18-20-40(33,34)3)11-16-37(46)42-36(27-52-53(48,49)51-23-22-43(4,5)6)38(47)41-21-9-8-10-29(25-44)26-50-7/h28-36,44-45H,8-27H2,1-7H3,(H2-,41,42,46,47,48,49)/t28?,29?,30?,31-,32?,33?,34?,35?,36+,39+,40-/m1/s1. The summed E-state index contributed by atoms with van der Waals surface area (Å²) < 4.78 is 28.4. The maximum atomic E-state index is 13.4. The lowest BCUT2D eigenvalue weighted by molar-refractivity contribution is -0.870. The zero-order valence-electron chi connectivity index (χ0n) is 34.0. The van der Waals surface area contributed by atoms with Gasteiger partial charge in [0.1, 0.15) is 19.2 Å². The molecule has 4 aliphatic carbocycles. The number of hydrogen-bond acceptors (Lipinski definition) is 9. The van der Waals surface area contributed by atoms with Crippen molar-refractivity contribution >= 4 is 19.6 Å². The quantitative estimate of drug-likeness (QED) is 0.0738. The van der Waals surface area contributed by atoms with Crippen molar-refractivity contribution in [3.8, 4) is 0 Å². The Morgan fingerprint density at radius 2 is 1.68 bits per heavy atom. The Kier molecular flexibility index (Phi) is 16.3. The molecule has 4 fully saturated rings. The fourth-order valence-corrected chi connectivity index (χ4v) is 11.9. The molecular weight excluding hydrogens is 697 g/mol. The maximum absolute atomic E-state index is 13.4. The first-order valence-electron chi connectivity index (χ1n) is 20.7. The number of carbonyl (C=O) groups is 2. The fourth-order valence-electron chi connectivity index (χ4n) is 11.2. The van der Waals surface area contributed by atoms with E-state index in [9.17, 15) is 29.3 Å². The van der Waals surface area contributed by atoms with Gasteiger partial charge in [-0.1, -0.05) is 27.2 Å². The van der Waals surface area contributed by atoms with E-state index in [0.29, 0.717) is 66.1 Å². The minimum atomic E-state index is -4.70. The number of nitrogens with zero attached hydrogens (tertiary/aromatic N) is 1. The van der Waals surface area contributed by atoms with Gasteiger partial charge in [-0.2, -0.15) is 0 Å². The highest BCUT2D eigenvalue weighted by Crippen LogP contribution is 2.68. The molecule has 12 nitrogen and oxygen atoms in total. The molecule has 0 aliphatic heterocycles. The molecule has 8 unspecified atom stereocenters. The number of phosphoric acid groups is 1. The SMILES string of the molecule is COCC(CO)CCCCNC(=O)[C@H](COP(=O)([O-])OCC[N+](C)(C)C)NC(=O)CCC(C)C1CCC2C3CCC4C[C@H](O)CC[C@]4(C)C3CC[C@]12C. The van der Waals surface area contributed by atoms with Crippen LogP contribution < -0.4 is 15.5 Å². The van der Waals surface area contributed by atoms with Crippen molar-refractivity contribution in [3.05, 3.63) is 0 Å². The minimum absolute atomic E-state index is 0.0320. The second-order valence-electron chi connectivity index (χ2n) is 18.8. The summed E-state index contributed by atoms with van der Waals surface area (Å²) in [4.78, 5) is 39.2. The summed E-state index contributed by atoms with van der Waals surface area (Å²) in [5, 5.41) is 25.5. The van der Waals surface area contributed by atoms with Gasteiger partial charge in [0.25, 0.3) is 7.82 Å². The van der Waals surface area contributed by atoms with Gasteiger partial charge in [0, 0.05) is 32.6 Å². The van der Waals surface area contributed by atoms with Crippen molar-refractivity contribution in [1.82, 2.24) is 10.6 Å². The number of ether oxygens (including phenoxy) is 1. The van der Waals surface area contributed by atoms with Gasteiger partial charge in [-0.15, -0.1) is 0 Å². The second-order valence-corrected chi connectivity index (χ2v) is 20.2. The summed E-state index contributed by atoms with van der Waals surface area (Å²) in [5.74, 6) is 2.95. The second kappa shape index (κ2) is 19.4. The smallest absolute Gasteiger partial charge is 0.268 e. The maximum Gasteiger partial charge on any atom is 0.268 e. The molecule has 308 valence electrons. The van der Waals surface area contributed by atoms with E-state index in [-0.39, 0.29) is 43.0 Å². The monoisotopic (exact) mass is 772 g/mol. The number of nitrogens with one attached hydrogen (secondary N) is 2. The molecule has 0 heterocycles. The summed E-state index contributed by atoms with van der Waals surface area (Å²) >= 11 is 0. The van der Waals surface area contributed by atoms with Crippen molar-refractivity contribution in [2.45, 2.75) is 123 Å². The number of carbonyl (C=O) groups excluding carboxylic acids is 2. The van der Waals surface area contributed by atoms with Crippen LogP contribution >= 0.6 is 7.82 Å². The highest BCUT2D eigenvalue weighted by Gasteiger charge is 2.60. The molecule has 12 atom stereocenters. The summed E-state index contributed by atoms with van der Waals surface area (Å²) in [6, 6.07) is -1.19. The van der Waals surface area contributed by atoms with E-state index in [0.717, 1.165) is 43.9 Å². The highest BCUT2D eigenvalue weighted by molar-refractivity contribution is 7.45. The zero-order chi connectivity index (χ0) is 39.0. The summed E-state index contributed by atoms with van der Waals surface area (Å²) in [7, 11) is 2.65. The number of methoxy groups -OCH3 is 1. The van der Waals surface area contributed by atoms with Gasteiger partial charge < -0.3 is 44.0 Å². The molecule has 4 aliphatic rings. The van der Waals surface area contributed by atoms with Crippen LogP contribution in [0.2, 0.25) is 0 Å². The van der Waals surface area contributed by atoms with Gasteiger partial charge >= 0.3 is 0 Å². The Labute approximate surface area is 320 Å². The van der Waals surface area contributed by atoms with Gasteiger partial charge in [-0.05, 0) is 123 Å². The van der Waals surface area contributed by atoms with Crippen LogP contribution in [0.1, 0.15) is 111 Å². The van der Waals surface area contributed by atoms with Crippen molar-refractivity contribution in [3.63, 3.8) is 0 Å². The molecule has 0 spiro atoms. The number of quaternary nitrogens is 1. The van der Waals surface area contributed by atoms with Crippen LogP contribution in [0, 0.1) is 52.3 Å².